The SMILES string of the molecule is CCCN(CCC)C[C@@H](O)c1cc2c(c3ccccc13)CCCC2. The molecule has 2 aromatic carbocycles. The number of aliphatic hydroxyl groups is 1. The number of fused-ring (bicyclic) bond motifs is 3. The van der Waals surface area contributed by atoms with Gasteiger partial charge in [-0.25, -0.2) is 0 Å². The van der Waals surface area contributed by atoms with Crippen LogP contribution in [0.3, 0.4) is 0 Å². The Balaban J connectivity index is 1.96. The fourth-order valence-electron chi connectivity index (χ4n) is 4.20. The number of rotatable bonds is 7. The Hall–Kier alpha value is -1.38. The minimum absolute atomic E-state index is 0.403. The standard InChI is InChI=1S/C22H31NO/c1-3-13-23(14-4-2)16-22(24)21-15-17-9-5-6-10-18(17)19-11-7-8-12-20(19)21/h7-8,11-12,15,22,24H,3-6,9-10,13-14,16H2,1-2H3/t22-/m1/s1. The third kappa shape index (κ3) is 3.65. The molecule has 1 N–H and O–H groups in total. The molecular formula is C22H31NO. The first-order valence-corrected chi connectivity index (χ1v) is 9.68. The summed E-state index contributed by atoms with van der Waals surface area (Å²) in [4.78, 5) is 2.40. The van der Waals surface area contributed by atoms with Crippen molar-refractivity contribution in [3.63, 3.8) is 0 Å². The highest BCUT2D eigenvalue weighted by Gasteiger charge is 2.20. The van der Waals surface area contributed by atoms with Crippen LogP contribution in [0.15, 0.2) is 30.3 Å². The number of nitrogens with zero attached hydrogens (tertiary/aromatic N) is 1. The maximum absolute atomic E-state index is 11.0. The Kier molecular flexibility index (Phi) is 5.91. The molecule has 0 unspecified atom stereocenters. The first-order chi connectivity index (χ1) is 11.7. The minimum Gasteiger partial charge on any atom is -0.387 e. The first kappa shape index (κ1) is 17.4. The van der Waals surface area contributed by atoms with Crippen LogP contribution in [0.5, 0.6) is 0 Å². The van der Waals surface area contributed by atoms with Gasteiger partial charge in [0.25, 0.3) is 0 Å². The van der Waals surface area contributed by atoms with Gasteiger partial charge in [0.15, 0.2) is 0 Å². The number of hydrogen-bond donors (Lipinski definition) is 1. The van der Waals surface area contributed by atoms with E-state index in [1.807, 2.05) is 0 Å². The van der Waals surface area contributed by atoms with Crippen LogP contribution < -0.4 is 0 Å². The smallest absolute Gasteiger partial charge is 0.0923 e. The minimum atomic E-state index is -0.403. The van der Waals surface area contributed by atoms with Crippen LogP contribution in [-0.2, 0) is 12.8 Å². The number of benzene rings is 2. The molecule has 24 heavy (non-hydrogen) atoms. The fraction of sp³-hybridized carbons (Fsp3) is 0.545. The van der Waals surface area contributed by atoms with E-state index in [0.717, 1.165) is 44.5 Å². The molecule has 1 aliphatic rings. The zero-order valence-electron chi connectivity index (χ0n) is 15.2. The van der Waals surface area contributed by atoms with Gasteiger partial charge in [0.1, 0.15) is 0 Å². The highest BCUT2D eigenvalue weighted by Crippen LogP contribution is 2.34. The fourth-order valence-corrected chi connectivity index (χ4v) is 4.20. The van der Waals surface area contributed by atoms with E-state index in [4.69, 9.17) is 0 Å². The van der Waals surface area contributed by atoms with E-state index in [0.29, 0.717) is 0 Å². The van der Waals surface area contributed by atoms with E-state index in [1.165, 1.54) is 41.2 Å². The van der Waals surface area contributed by atoms with Gasteiger partial charge in [0, 0.05) is 6.54 Å². The summed E-state index contributed by atoms with van der Waals surface area (Å²) in [6.45, 7) is 7.29. The lowest BCUT2D eigenvalue weighted by atomic mass is 9.84. The topological polar surface area (TPSA) is 23.5 Å². The Bertz CT molecular complexity index is 673. The average molecular weight is 325 g/mol. The van der Waals surface area contributed by atoms with Crippen molar-refractivity contribution < 1.29 is 5.11 Å². The first-order valence-electron chi connectivity index (χ1n) is 9.68. The van der Waals surface area contributed by atoms with E-state index in [2.05, 4.69) is 49.1 Å². The van der Waals surface area contributed by atoms with E-state index < -0.39 is 6.10 Å². The van der Waals surface area contributed by atoms with Crippen molar-refractivity contribution in [2.24, 2.45) is 0 Å². The van der Waals surface area contributed by atoms with Crippen LogP contribution in [-0.4, -0.2) is 29.6 Å². The van der Waals surface area contributed by atoms with Gasteiger partial charge in [-0.1, -0.05) is 44.2 Å². The molecule has 0 fully saturated rings. The van der Waals surface area contributed by atoms with Gasteiger partial charge < -0.3 is 10.0 Å². The van der Waals surface area contributed by atoms with Crippen molar-refractivity contribution in [1.29, 1.82) is 0 Å². The van der Waals surface area contributed by atoms with E-state index in [1.54, 1.807) is 0 Å². The number of hydrogen-bond acceptors (Lipinski definition) is 2. The Morgan fingerprint density at radius 2 is 1.67 bits per heavy atom. The lowest BCUT2D eigenvalue weighted by Crippen LogP contribution is -2.30. The van der Waals surface area contributed by atoms with Crippen molar-refractivity contribution >= 4 is 10.8 Å². The molecule has 0 spiro atoms. The van der Waals surface area contributed by atoms with Crippen LogP contribution in [0, 0.1) is 0 Å². The maximum atomic E-state index is 11.0. The second-order valence-electron chi connectivity index (χ2n) is 7.17. The molecular weight excluding hydrogens is 294 g/mol. The van der Waals surface area contributed by atoms with Crippen LogP contribution in [0.2, 0.25) is 0 Å². The number of aliphatic hydroxyl groups excluding tert-OH is 1. The van der Waals surface area contributed by atoms with E-state index in [9.17, 15) is 5.11 Å². The molecule has 130 valence electrons. The Morgan fingerprint density at radius 1 is 1.00 bits per heavy atom. The predicted molar refractivity (Wildman–Crippen MR) is 103 cm³/mol. The van der Waals surface area contributed by atoms with Crippen molar-refractivity contribution in [3.8, 4) is 0 Å². The summed E-state index contributed by atoms with van der Waals surface area (Å²) >= 11 is 0. The molecule has 0 saturated carbocycles. The van der Waals surface area contributed by atoms with E-state index >= 15 is 0 Å². The predicted octanol–water partition coefficient (Wildman–Crippen LogP) is 4.87. The average Bonchev–Trinajstić information content (AvgIpc) is 2.61. The van der Waals surface area contributed by atoms with Crippen LogP contribution in [0.1, 0.15) is 62.3 Å². The molecule has 0 amide bonds. The molecule has 2 nitrogen and oxygen atoms in total. The van der Waals surface area contributed by atoms with Gasteiger partial charge in [-0.2, -0.15) is 0 Å². The molecule has 0 aliphatic heterocycles. The summed E-state index contributed by atoms with van der Waals surface area (Å²) < 4.78 is 0. The summed E-state index contributed by atoms with van der Waals surface area (Å²) in [5.41, 5.74) is 4.11. The van der Waals surface area contributed by atoms with Gasteiger partial charge >= 0.3 is 0 Å². The second kappa shape index (κ2) is 8.13. The summed E-state index contributed by atoms with van der Waals surface area (Å²) in [5, 5.41) is 13.6. The summed E-state index contributed by atoms with van der Waals surface area (Å²) in [6.07, 6.45) is 6.78. The zero-order chi connectivity index (χ0) is 16.9. The summed E-state index contributed by atoms with van der Waals surface area (Å²) in [6, 6.07) is 11.0. The Morgan fingerprint density at radius 3 is 2.38 bits per heavy atom. The highest BCUT2D eigenvalue weighted by molar-refractivity contribution is 5.90. The molecule has 0 radical (unpaired) electrons. The van der Waals surface area contributed by atoms with Gasteiger partial charge in [-0.05, 0) is 79.1 Å². The lowest BCUT2D eigenvalue weighted by molar-refractivity contribution is 0.114. The van der Waals surface area contributed by atoms with Crippen molar-refractivity contribution in [1.82, 2.24) is 4.90 Å². The molecule has 1 aliphatic carbocycles. The van der Waals surface area contributed by atoms with Crippen LogP contribution in [0.25, 0.3) is 10.8 Å². The molecule has 2 aromatic rings. The second-order valence-corrected chi connectivity index (χ2v) is 7.17. The molecule has 2 heteroatoms. The third-order valence-electron chi connectivity index (χ3n) is 5.27. The molecule has 3 rings (SSSR count). The van der Waals surface area contributed by atoms with Gasteiger partial charge in [-0.3, -0.25) is 0 Å². The molecule has 1 atom stereocenters. The highest BCUT2D eigenvalue weighted by atomic mass is 16.3. The third-order valence-corrected chi connectivity index (χ3v) is 5.27. The van der Waals surface area contributed by atoms with Gasteiger partial charge in [-0.15, -0.1) is 0 Å². The lowest BCUT2D eigenvalue weighted by Gasteiger charge is -2.27. The molecule has 0 aromatic heterocycles. The van der Waals surface area contributed by atoms with Crippen molar-refractivity contribution in [3.05, 3.63) is 47.0 Å². The maximum Gasteiger partial charge on any atom is 0.0923 e. The quantitative estimate of drug-likeness (QED) is 0.784. The normalized spacial score (nSPS) is 15.7. The van der Waals surface area contributed by atoms with Crippen LogP contribution in [0.4, 0.5) is 0 Å². The molecule has 0 saturated heterocycles. The zero-order valence-corrected chi connectivity index (χ0v) is 15.2. The summed E-state index contributed by atoms with van der Waals surface area (Å²) in [7, 11) is 0. The number of aryl methyl sites for hydroxylation is 2. The van der Waals surface area contributed by atoms with Gasteiger partial charge in [0.2, 0.25) is 0 Å². The van der Waals surface area contributed by atoms with Crippen molar-refractivity contribution in [2.45, 2.75) is 58.5 Å². The van der Waals surface area contributed by atoms with Gasteiger partial charge in [0.05, 0.1) is 6.10 Å². The molecule has 0 heterocycles. The van der Waals surface area contributed by atoms with Crippen LogP contribution >= 0.6 is 0 Å². The Labute approximate surface area is 146 Å². The van der Waals surface area contributed by atoms with E-state index in [-0.39, 0.29) is 0 Å². The molecule has 0 bridgehead atoms. The van der Waals surface area contributed by atoms with Crippen molar-refractivity contribution in [2.75, 3.05) is 19.6 Å². The largest absolute Gasteiger partial charge is 0.387 e. The monoisotopic (exact) mass is 325 g/mol. The summed E-state index contributed by atoms with van der Waals surface area (Å²) in [5.74, 6) is 0.